The number of benzene rings is 1. The lowest BCUT2D eigenvalue weighted by Gasteiger charge is -2.29. The van der Waals surface area contributed by atoms with Crippen molar-refractivity contribution in [3.63, 3.8) is 0 Å². The lowest BCUT2D eigenvalue weighted by atomic mass is 10.1. The first-order chi connectivity index (χ1) is 9.33. The number of piperazine rings is 1. The van der Waals surface area contributed by atoms with Gasteiger partial charge in [0, 0.05) is 32.7 Å². The highest BCUT2D eigenvalue weighted by atomic mass is 16.6. The monoisotopic (exact) mass is 264 g/mol. The second-order valence-electron chi connectivity index (χ2n) is 4.97. The van der Waals surface area contributed by atoms with Crippen LogP contribution in [0.5, 0.6) is 11.5 Å². The maximum Gasteiger partial charge on any atom is 0.161 e. The van der Waals surface area contributed by atoms with Crippen molar-refractivity contribution < 1.29 is 14.6 Å². The van der Waals surface area contributed by atoms with E-state index in [1.54, 1.807) is 0 Å². The molecular weight excluding hydrogens is 244 g/mol. The van der Waals surface area contributed by atoms with Crippen molar-refractivity contribution >= 4 is 0 Å². The largest absolute Gasteiger partial charge is 0.486 e. The van der Waals surface area contributed by atoms with Gasteiger partial charge in [0.1, 0.15) is 13.2 Å². The van der Waals surface area contributed by atoms with E-state index in [-0.39, 0.29) is 0 Å². The van der Waals surface area contributed by atoms with Crippen LogP contribution in [0.1, 0.15) is 11.7 Å². The zero-order valence-corrected chi connectivity index (χ0v) is 11.0. The Morgan fingerprint density at radius 2 is 1.89 bits per heavy atom. The van der Waals surface area contributed by atoms with Gasteiger partial charge in [-0.15, -0.1) is 0 Å². The Bertz CT molecular complexity index is 433. The summed E-state index contributed by atoms with van der Waals surface area (Å²) >= 11 is 0. The van der Waals surface area contributed by atoms with Gasteiger partial charge in [0.15, 0.2) is 11.5 Å². The molecule has 0 bridgehead atoms. The molecule has 1 fully saturated rings. The molecule has 5 nitrogen and oxygen atoms in total. The summed E-state index contributed by atoms with van der Waals surface area (Å²) in [5.74, 6) is 1.51. The Labute approximate surface area is 113 Å². The van der Waals surface area contributed by atoms with E-state index in [4.69, 9.17) is 9.47 Å². The quantitative estimate of drug-likeness (QED) is 0.827. The number of fused-ring (bicyclic) bond motifs is 1. The molecule has 0 radical (unpaired) electrons. The van der Waals surface area contributed by atoms with Crippen LogP contribution >= 0.6 is 0 Å². The van der Waals surface area contributed by atoms with Gasteiger partial charge < -0.3 is 19.9 Å². The molecule has 0 aliphatic carbocycles. The van der Waals surface area contributed by atoms with Crippen molar-refractivity contribution in [2.24, 2.45) is 0 Å². The number of rotatable bonds is 3. The van der Waals surface area contributed by atoms with Crippen LogP contribution in [0.25, 0.3) is 0 Å². The zero-order valence-electron chi connectivity index (χ0n) is 11.0. The van der Waals surface area contributed by atoms with E-state index >= 15 is 0 Å². The van der Waals surface area contributed by atoms with Crippen molar-refractivity contribution in [2.75, 3.05) is 45.9 Å². The summed E-state index contributed by atoms with van der Waals surface area (Å²) < 4.78 is 11.0. The average Bonchev–Trinajstić information content (AvgIpc) is 2.48. The number of nitrogens with zero attached hydrogens (tertiary/aromatic N) is 1. The van der Waals surface area contributed by atoms with Crippen LogP contribution < -0.4 is 14.8 Å². The minimum absolute atomic E-state index is 0.478. The Morgan fingerprint density at radius 3 is 2.68 bits per heavy atom. The first kappa shape index (κ1) is 12.7. The van der Waals surface area contributed by atoms with Gasteiger partial charge in [-0.3, -0.25) is 4.90 Å². The third-order valence-corrected chi connectivity index (χ3v) is 3.59. The van der Waals surface area contributed by atoms with Crippen LogP contribution in [0, 0.1) is 0 Å². The van der Waals surface area contributed by atoms with Gasteiger partial charge in [-0.2, -0.15) is 0 Å². The fourth-order valence-corrected chi connectivity index (χ4v) is 2.51. The number of aliphatic hydroxyl groups excluding tert-OH is 1. The van der Waals surface area contributed by atoms with Crippen molar-refractivity contribution in [1.29, 1.82) is 0 Å². The Morgan fingerprint density at radius 1 is 1.16 bits per heavy atom. The molecule has 104 valence electrons. The molecule has 2 aliphatic heterocycles. The Kier molecular flexibility index (Phi) is 3.87. The number of hydrogen-bond donors (Lipinski definition) is 2. The molecule has 1 saturated heterocycles. The highest BCUT2D eigenvalue weighted by Gasteiger charge is 2.18. The summed E-state index contributed by atoms with van der Waals surface area (Å²) in [5, 5.41) is 13.6. The number of nitrogens with one attached hydrogen (secondary N) is 1. The molecule has 2 N–H and O–H groups in total. The molecule has 1 unspecified atom stereocenters. The van der Waals surface area contributed by atoms with Crippen LogP contribution in [0.4, 0.5) is 0 Å². The Balaban J connectivity index is 1.67. The maximum atomic E-state index is 10.3. The molecule has 0 saturated carbocycles. The summed E-state index contributed by atoms with van der Waals surface area (Å²) in [6.45, 7) is 5.80. The minimum Gasteiger partial charge on any atom is -0.486 e. The fourth-order valence-electron chi connectivity index (χ4n) is 2.51. The van der Waals surface area contributed by atoms with E-state index in [0.717, 1.165) is 43.2 Å². The van der Waals surface area contributed by atoms with Crippen LogP contribution in [0.2, 0.25) is 0 Å². The van der Waals surface area contributed by atoms with Crippen LogP contribution in [0.3, 0.4) is 0 Å². The number of hydrogen-bond acceptors (Lipinski definition) is 5. The predicted octanol–water partition coefficient (Wildman–Crippen LogP) is 0.396. The van der Waals surface area contributed by atoms with Crippen LogP contribution in [-0.2, 0) is 0 Å². The molecule has 0 aromatic heterocycles. The number of ether oxygens (including phenoxy) is 2. The highest BCUT2D eigenvalue weighted by Crippen LogP contribution is 2.32. The summed E-state index contributed by atoms with van der Waals surface area (Å²) in [7, 11) is 0. The van der Waals surface area contributed by atoms with Gasteiger partial charge in [-0.1, -0.05) is 6.07 Å². The summed E-state index contributed by atoms with van der Waals surface area (Å²) in [6, 6.07) is 5.69. The van der Waals surface area contributed by atoms with E-state index in [1.165, 1.54) is 0 Å². The van der Waals surface area contributed by atoms with E-state index < -0.39 is 6.10 Å². The van der Waals surface area contributed by atoms with E-state index in [2.05, 4.69) is 10.2 Å². The topological polar surface area (TPSA) is 54.0 Å². The molecule has 5 heteroatoms. The van der Waals surface area contributed by atoms with Crippen molar-refractivity contribution in [3.05, 3.63) is 23.8 Å². The van der Waals surface area contributed by atoms with Gasteiger partial charge in [0.05, 0.1) is 6.10 Å². The highest BCUT2D eigenvalue weighted by molar-refractivity contribution is 5.44. The molecule has 1 aromatic carbocycles. The second kappa shape index (κ2) is 5.77. The standard InChI is InChI=1S/C14H20N2O3/c17-12(10-16-5-3-15-4-6-16)11-1-2-13-14(9-11)19-8-7-18-13/h1-2,9,12,15,17H,3-8,10H2. The Hall–Kier alpha value is -1.30. The van der Waals surface area contributed by atoms with Gasteiger partial charge in [-0.25, -0.2) is 0 Å². The van der Waals surface area contributed by atoms with E-state index in [0.29, 0.717) is 19.8 Å². The SMILES string of the molecule is OC(CN1CCNCC1)c1ccc2c(c1)OCCO2. The summed E-state index contributed by atoms with van der Waals surface area (Å²) in [6.07, 6.45) is -0.478. The first-order valence-electron chi connectivity index (χ1n) is 6.83. The number of aliphatic hydroxyl groups is 1. The molecule has 3 rings (SSSR count). The smallest absolute Gasteiger partial charge is 0.161 e. The number of β-amino-alcohol motifs (C(OH)–C–C–N with tert-alkyl or cyclic N) is 1. The van der Waals surface area contributed by atoms with Gasteiger partial charge in [0.25, 0.3) is 0 Å². The van der Waals surface area contributed by atoms with Crippen LogP contribution in [0.15, 0.2) is 18.2 Å². The molecule has 19 heavy (non-hydrogen) atoms. The van der Waals surface area contributed by atoms with Crippen molar-refractivity contribution in [3.8, 4) is 11.5 Å². The lowest BCUT2D eigenvalue weighted by Crippen LogP contribution is -2.44. The second-order valence-corrected chi connectivity index (χ2v) is 4.97. The molecule has 2 aliphatic rings. The predicted molar refractivity (Wildman–Crippen MR) is 71.7 cm³/mol. The molecule has 2 heterocycles. The molecular formula is C14H20N2O3. The lowest BCUT2D eigenvalue weighted by molar-refractivity contribution is 0.105. The normalized spacial score (nSPS) is 21.1. The summed E-state index contributed by atoms with van der Waals surface area (Å²) in [5.41, 5.74) is 0.891. The molecule has 0 spiro atoms. The van der Waals surface area contributed by atoms with Crippen LogP contribution in [-0.4, -0.2) is 55.9 Å². The van der Waals surface area contributed by atoms with Crippen molar-refractivity contribution in [1.82, 2.24) is 10.2 Å². The van der Waals surface area contributed by atoms with Gasteiger partial charge in [-0.05, 0) is 17.7 Å². The van der Waals surface area contributed by atoms with E-state index in [9.17, 15) is 5.11 Å². The minimum atomic E-state index is -0.478. The molecule has 0 amide bonds. The third kappa shape index (κ3) is 3.00. The zero-order chi connectivity index (χ0) is 13.1. The van der Waals surface area contributed by atoms with E-state index in [1.807, 2.05) is 18.2 Å². The average molecular weight is 264 g/mol. The van der Waals surface area contributed by atoms with Gasteiger partial charge in [0.2, 0.25) is 0 Å². The molecule has 1 aromatic rings. The summed E-state index contributed by atoms with van der Waals surface area (Å²) in [4.78, 5) is 2.28. The molecule has 1 atom stereocenters. The van der Waals surface area contributed by atoms with Gasteiger partial charge >= 0.3 is 0 Å². The fraction of sp³-hybridized carbons (Fsp3) is 0.571. The van der Waals surface area contributed by atoms with Crippen molar-refractivity contribution in [2.45, 2.75) is 6.10 Å². The maximum absolute atomic E-state index is 10.3. The first-order valence-corrected chi connectivity index (χ1v) is 6.83. The third-order valence-electron chi connectivity index (χ3n) is 3.59.